The van der Waals surface area contributed by atoms with Crippen LogP contribution in [0.15, 0.2) is 30.5 Å². The normalized spacial score (nSPS) is 18.6. The Balaban J connectivity index is 1.85. The van der Waals surface area contributed by atoms with E-state index in [0.717, 1.165) is 30.7 Å². The highest BCUT2D eigenvalue weighted by Gasteiger charge is 2.17. The fraction of sp³-hybridized carbons (Fsp3) is 0.400. The topological polar surface area (TPSA) is 80.1 Å². The number of hydrogen-bond donors (Lipinski definition) is 2. The first-order chi connectivity index (χ1) is 10.3. The van der Waals surface area contributed by atoms with Gasteiger partial charge in [0.2, 0.25) is 0 Å². The van der Waals surface area contributed by atoms with E-state index in [1.165, 1.54) is 18.9 Å². The summed E-state index contributed by atoms with van der Waals surface area (Å²) in [6.45, 7) is 2.99. The summed E-state index contributed by atoms with van der Waals surface area (Å²) in [5.41, 5.74) is 1.40. The minimum atomic E-state index is -0.385. The van der Waals surface area contributed by atoms with Gasteiger partial charge in [-0.15, -0.1) is 0 Å². The Bertz CT molecular complexity index is 653. The van der Waals surface area contributed by atoms with E-state index in [4.69, 9.17) is 0 Å². The first kappa shape index (κ1) is 13.8. The van der Waals surface area contributed by atoms with Gasteiger partial charge in [0.25, 0.3) is 5.69 Å². The SMILES string of the molecule is O=[N+]([O-])c1ccc(NCC2CCCNC2)c2cccnc12. The number of pyridine rings is 1. The number of fused-ring (bicyclic) bond motifs is 1. The van der Waals surface area contributed by atoms with Crippen molar-refractivity contribution < 1.29 is 4.92 Å². The number of anilines is 1. The summed E-state index contributed by atoms with van der Waals surface area (Å²) in [5.74, 6) is 0.598. The zero-order chi connectivity index (χ0) is 14.7. The van der Waals surface area contributed by atoms with E-state index >= 15 is 0 Å². The van der Waals surface area contributed by atoms with Crippen LogP contribution >= 0.6 is 0 Å². The molecule has 0 bridgehead atoms. The first-order valence-corrected chi connectivity index (χ1v) is 7.22. The Morgan fingerprint density at radius 3 is 3.10 bits per heavy atom. The van der Waals surface area contributed by atoms with Crippen LogP contribution in [0.25, 0.3) is 10.9 Å². The van der Waals surface area contributed by atoms with E-state index in [1.807, 2.05) is 6.07 Å². The van der Waals surface area contributed by atoms with Crippen molar-refractivity contribution in [2.24, 2.45) is 5.92 Å². The van der Waals surface area contributed by atoms with Crippen molar-refractivity contribution in [3.63, 3.8) is 0 Å². The molecule has 0 radical (unpaired) electrons. The molecule has 0 aliphatic carbocycles. The molecule has 0 amide bonds. The molecule has 0 spiro atoms. The van der Waals surface area contributed by atoms with Crippen LogP contribution in [0.3, 0.4) is 0 Å². The molecule has 1 aliphatic rings. The molecule has 6 heteroatoms. The number of aromatic nitrogens is 1. The smallest absolute Gasteiger partial charge is 0.295 e. The lowest BCUT2D eigenvalue weighted by Crippen LogP contribution is -2.33. The fourth-order valence-corrected chi connectivity index (χ4v) is 2.81. The first-order valence-electron chi connectivity index (χ1n) is 7.22. The van der Waals surface area contributed by atoms with Crippen molar-refractivity contribution in [1.82, 2.24) is 10.3 Å². The predicted molar refractivity (Wildman–Crippen MR) is 82.5 cm³/mol. The van der Waals surface area contributed by atoms with Gasteiger partial charge in [-0.3, -0.25) is 10.1 Å². The number of nitro groups is 1. The Hall–Kier alpha value is -2.21. The van der Waals surface area contributed by atoms with E-state index in [0.29, 0.717) is 11.4 Å². The molecule has 2 N–H and O–H groups in total. The third kappa shape index (κ3) is 2.95. The summed E-state index contributed by atoms with van der Waals surface area (Å²) in [7, 11) is 0. The zero-order valence-corrected chi connectivity index (χ0v) is 11.7. The van der Waals surface area contributed by atoms with Crippen molar-refractivity contribution in [2.75, 3.05) is 25.0 Å². The van der Waals surface area contributed by atoms with Gasteiger partial charge in [-0.2, -0.15) is 0 Å². The highest BCUT2D eigenvalue weighted by molar-refractivity contribution is 5.96. The summed E-state index contributed by atoms with van der Waals surface area (Å²) in [6.07, 6.45) is 4.00. The van der Waals surface area contributed by atoms with Crippen LogP contribution < -0.4 is 10.6 Å². The number of rotatable bonds is 4. The molecule has 1 aromatic carbocycles. The molecule has 6 nitrogen and oxygen atoms in total. The molecule has 2 aromatic rings. The van der Waals surface area contributed by atoms with Gasteiger partial charge < -0.3 is 10.6 Å². The van der Waals surface area contributed by atoms with E-state index in [2.05, 4.69) is 15.6 Å². The number of nitro benzene ring substituents is 1. The molecule has 1 saturated heterocycles. The van der Waals surface area contributed by atoms with Gasteiger partial charge in [-0.05, 0) is 50.0 Å². The number of hydrogen-bond acceptors (Lipinski definition) is 5. The van der Waals surface area contributed by atoms with E-state index in [9.17, 15) is 10.1 Å². The monoisotopic (exact) mass is 286 g/mol. The van der Waals surface area contributed by atoms with Crippen LogP contribution in [0.5, 0.6) is 0 Å². The molecule has 0 saturated carbocycles. The maximum atomic E-state index is 11.1. The molecule has 1 unspecified atom stereocenters. The van der Waals surface area contributed by atoms with Crippen LogP contribution in [-0.4, -0.2) is 29.5 Å². The van der Waals surface area contributed by atoms with Crippen molar-refractivity contribution >= 4 is 22.3 Å². The average molecular weight is 286 g/mol. The second kappa shape index (κ2) is 6.05. The molecule has 21 heavy (non-hydrogen) atoms. The third-order valence-electron chi connectivity index (χ3n) is 3.93. The second-order valence-electron chi connectivity index (χ2n) is 5.38. The predicted octanol–water partition coefficient (Wildman–Crippen LogP) is 2.55. The molecule has 3 rings (SSSR count). The lowest BCUT2D eigenvalue weighted by molar-refractivity contribution is -0.383. The molecule has 1 aromatic heterocycles. The second-order valence-corrected chi connectivity index (χ2v) is 5.38. The van der Waals surface area contributed by atoms with Crippen LogP contribution in [-0.2, 0) is 0 Å². The molecule has 110 valence electrons. The van der Waals surface area contributed by atoms with Gasteiger partial charge in [-0.25, -0.2) is 4.98 Å². The van der Waals surface area contributed by atoms with E-state index in [-0.39, 0.29) is 10.6 Å². The molecular weight excluding hydrogens is 268 g/mol. The molecule has 1 atom stereocenters. The average Bonchev–Trinajstić information content (AvgIpc) is 2.53. The van der Waals surface area contributed by atoms with Gasteiger partial charge >= 0.3 is 0 Å². The molecule has 1 fully saturated rings. The Morgan fingerprint density at radius 2 is 2.33 bits per heavy atom. The van der Waals surface area contributed by atoms with Crippen molar-refractivity contribution in [2.45, 2.75) is 12.8 Å². The van der Waals surface area contributed by atoms with Gasteiger partial charge in [0.1, 0.15) is 5.52 Å². The van der Waals surface area contributed by atoms with Gasteiger partial charge in [0, 0.05) is 29.9 Å². The van der Waals surface area contributed by atoms with Crippen molar-refractivity contribution in [1.29, 1.82) is 0 Å². The highest BCUT2D eigenvalue weighted by Crippen LogP contribution is 2.29. The molecule has 1 aliphatic heterocycles. The summed E-state index contributed by atoms with van der Waals surface area (Å²) in [5, 5.41) is 18.7. The number of benzene rings is 1. The summed E-state index contributed by atoms with van der Waals surface area (Å²) in [6, 6.07) is 6.98. The van der Waals surface area contributed by atoms with Crippen LogP contribution in [0.4, 0.5) is 11.4 Å². The lowest BCUT2D eigenvalue weighted by Gasteiger charge is -2.23. The number of non-ortho nitro benzene ring substituents is 1. The molecule has 2 heterocycles. The summed E-state index contributed by atoms with van der Waals surface area (Å²) in [4.78, 5) is 14.8. The quantitative estimate of drug-likeness (QED) is 0.667. The van der Waals surface area contributed by atoms with Gasteiger partial charge in [0.15, 0.2) is 0 Å². The minimum Gasteiger partial charge on any atom is -0.384 e. The van der Waals surface area contributed by atoms with Crippen molar-refractivity contribution in [3.8, 4) is 0 Å². The van der Waals surface area contributed by atoms with E-state index < -0.39 is 0 Å². The number of nitrogens with one attached hydrogen (secondary N) is 2. The highest BCUT2D eigenvalue weighted by atomic mass is 16.6. The third-order valence-corrected chi connectivity index (χ3v) is 3.93. The van der Waals surface area contributed by atoms with Crippen molar-refractivity contribution in [3.05, 3.63) is 40.6 Å². The van der Waals surface area contributed by atoms with Crippen LogP contribution in [0.2, 0.25) is 0 Å². The summed E-state index contributed by atoms with van der Waals surface area (Å²) >= 11 is 0. The van der Waals surface area contributed by atoms with E-state index in [1.54, 1.807) is 18.3 Å². The summed E-state index contributed by atoms with van der Waals surface area (Å²) < 4.78 is 0. The Labute approximate surface area is 122 Å². The minimum absolute atomic E-state index is 0.0514. The Kier molecular flexibility index (Phi) is 3.96. The number of piperidine rings is 1. The zero-order valence-electron chi connectivity index (χ0n) is 11.7. The lowest BCUT2D eigenvalue weighted by atomic mass is 9.99. The molecular formula is C15H18N4O2. The maximum Gasteiger partial charge on any atom is 0.295 e. The number of nitrogens with zero attached hydrogens (tertiary/aromatic N) is 2. The Morgan fingerprint density at radius 1 is 1.43 bits per heavy atom. The van der Waals surface area contributed by atoms with Gasteiger partial charge in [0.05, 0.1) is 4.92 Å². The maximum absolute atomic E-state index is 11.1. The van der Waals surface area contributed by atoms with Crippen LogP contribution in [0.1, 0.15) is 12.8 Å². The van der Waals surface area contributed by atoms with Crippen LogP contribution in [0, 0.1) is 16.0 Å². The largest absolute Gasteiger partial charge is 0.384 e. The van der Waals surface area contributed by atoms with Gasteiger partial charge in [-0.1, -0.05) is 0 Å². The standard InChI is InChI=1S/C15H18N4O2/c20-19(21)14-6-5-13(12-4-2-8-17-15(12)14)18-10-11-3-1-7-16-9-11/h2,4-6,8,11,16,18H,1,3,7,9-10H2. The fourth-order valence-electron chi connectivity index (χ4n) is 2.81.